The molecule has 0 bridgehead atoms. The van der Waals surface area contributed by atoms with Crippen molar-refractivity contribution in [3.63, 3.8) is 0 Å². The van der Waals surface area contributed by atoms with Crippen molar-refractivity contribution >= 4 is 29.5 Å². The SMILES string of the molecule is [Li][CH2]CCOCCCCSC. The van der Waals surface area contributed by atoms with Gasteiger partial charge < -0.3 is 0 Å². The molecule has 0 fully saturated rings. The third-order valence-corrected chi connectivity index (χ3v) is 2.23. The Morgan fingerprint density at radius 2 is 1.91 bits per heavy atom. The molecule has 0 spiro atoms. The van der Waals surface area contributed by atoms with Crippen molar-refractivity contribution in [2.24, 2.45) is 0 Å². The zero-order valence-corrected chi connectivity index (χ0v) is 8.58. The number of unbranched alkanes of at least 4 members (excludes halogenated alkanes) is 1. The standard InChI is InChI=1S/C8H17OS.Li/c1-3-6-9-7-4-5-8-10-2;/h1,3-8H2,2H3;. The summed E-state index contributed by atoms with van der Waals surface area (Å²) in [6.45, 7) is 1.91. The molecule has 0 aromatic heterocycles. The summed E-state index contributed by atoms with van der Waals surface area (Å²) in [7, 11) is 0. The van der Waals surface area contributed by atoms with E-state index < -0.39 is 0 Å². The third-order valence-electron chi connectivity index (χ3n) is 1.53. The van der Waals surface area contributed by atoms with E-state index in [2.05, 4.69) is 24.0 Å². The van der Waals surface area contributed by atoms with E-state index in [1.54, 1.807) is 0 Å². The van der Waals surface area contributed by atoms with Gasteiger partial charge in [-0.05, 0) is 0 Å². The van der Waals surface area contributed by atoms with Crippen LogP contribution in [0.5, 0.6) is 0 Å². The molecule has 0 heterocycles. The first kappa shape index (κ1) is 11.9. The Labute approximate surface area is 83.9 Å². The van der Waals surface area contributed by atoms with Crippen LogP contribution in [0.4, 0.5) is 0 Å². The Morgan fingerprint density at radius 1 is 1.18 bits per heavy atom. The van der Waals surface area contributed by atoms with Crippen LogP contribution in [-0.2, 0) is 4.74 Å². The molecule has 0 saturated heterocycles. The van der Waals surface area contributed by atoms with E-state index in [0.29, 0.717) is 0 Å². The number of rotatable bonds is 8. The van der Waals surface area contributed by atoms with Crippen molar-refractivity contribution in [3.05, 3.63) is 0 Å². The van der Waals surface area contributed by atoms with Gasteiger partial charge in [-0.2, -0.15) is 0 Å². The average molecular weight is 168 g/mol. The summed E-state index contributed by atoms with van der Waals surface area (Å²) < 4.78 is 5.41. The van der Waals surface area contributed by atoms with E-state index in [4.69, 9.17) is 4.74 Å². The molecule has 0 aliphatic rings. The molecular formula is C8H17LiOS. The fourth-order valence-corrected chi connectivity index (χ4v) is 1.29. The predicted molar refractivity (Wildman–Crippen MR) is 53.6 cm³/mol. The van der Waals surface area contributed by atoms with Crippen LogP contribution >= 0.6 is 11.8 Å². The molecule has 0 N–H and O–H groups in total. The maximum atomic E-state index is 5.41. The number of hydrogen-bond donors (Lipinski definition) is 0. The van der Waals surface area contributed by atoms with Crippen molar-refractivity contribution in [2.75, 3.05) is 25.2 Å². The van der Waals surface area contributed by atoms with Crippen LogP contribution in [0.15, 0.2) is 0 Å². The Morgan fingerprint density at radius 3 is 2.55 bits per heavy atom. The summed E-state index contributed by atoms with van der Waals surface area (Å²) in [6, 6.07) is 0. The third kappa shape index (κ3) is 10.9. The molecule has 1 nitrogen and oxygen atoms in total. The van der Waals surface area contributed by atoms with E-state index in [-0.39, 0.29) is 0 Å². The minimum atomic E-state index is 0.954. The molecule has 3 heteroatoms. The molecule has 0 radical (unpaired) electrons. The predicted octanol–water partition coefficient (Wildman–Crippen LogP) is 2.12. The molecule has 62 valence electrons. The molecule has 0 aliphatic carbocycles. The van der Waals surface area contributed by atoms with Crippen molar-refractivity contribution < 1.29 is 4.74 Å². The molecule has 0 amide bonds. The zero-order valence-electron chi connectivity index (χ0n) is 7.77. The molecule has 0 aromatic carbocycles. The number of thioether (sulfide) groups is 1. The first-order chi connectivity index (χ1) is 5.41. The summed E-state index contributed by atoms with van der Waals surface area (Å²) in [5.41, 5.74) is 0. The van der Waals surface area contributed by atoms with E-state index in [0.717, 1.165) is 13.2 Å². The van der Waals surface area contributed by atoms with E-state index in [1.165, 1.54) is 30.1 Å². The van der Waals surface area contributed by atoms with Gasteiger partial charge in [0.1, 0.15) is 0 Å². The Bertz CT molecular complexity index is 63.1. The van der Waals surface area contributed by atoms with Gasteiger partial charge in [0.2, 0.25) is 0 Å². The van der Waals surface area contributed by atoms with Crippen molar-refractivity contribution in [3.8, 4) is 0 Å². The van der Waals surface area contributed by atoms with Gasteiger partial charge in [-0.15, -0.1) is 0 Å². The molecular weight excluding hydrogens is 151 g/mol. The summed E-state index contributed by atoms with van der Waals surface area (Å²) in [5.74, 6) is 1.27. The van der Waals surface area contributed by atoms with Crippen LogP contribution < -0.4 is 0 Å². The van der Waals surface area contributed by atoms with E-state index in [1.807, 2.05) is 11.8 Å². The molecule has 0 atom stereocenters. The summed E-state index contributed by atoms with van der Waals surface area (Å²) >= 11 is 4.11. The first-order valence-electron chi connectivity index (χ1n) is 4.48. The molecule has 0 aliphatic heterocycles. The maximum absolute atomic E-state index is 5.41. The van der Waals surface area contributed by atoms with Gasteiger partial charge >= 0.3 is 83.8 Å². The van der Waals surface area contributed by atoms with Crippen molar-refractivity contribution in [1.82, 2.24) is 0 Å². The fourth-order valence-electron chi connectivity index (χ4n) is 0.799. The average Bonchev–Trinajstić information content (AvgIpc) is 2.03. The van der Waals surface area contributed by atoms with Crippen LogP contribution in [0, 0.1) is 0 Å². The summed E-state index contributed by atoms with van der Waals surface area (Å²) in [6.07, 6.45) is 5.89. The topological polar surface area (TPSA) is 9.23 Å². The molecule has 0 saturated carbocycles. The van der Waals surface area contributed by atoms with Crippen LogP contribution in [0.1, 0.15) is 19.3 Å². The van der Waals surface area contributed by atoms with Crippen molar-refractivity contribution in [1.29, 1.82) is 0 Å². The van der Waals surface area contributed by atoms with Crippen LogP contribution in [0.25, 0.3) is 0 Å². The minimum absolute atomic E-state index is 0.954. The Kier molecular flexibility index (Phi) is 11.8. The quantitative estimate of drug-likeness (QED) is 0.405. The Balaban J connectivity index is 2.69. The number of hydrogen-bond acceptors (Lipinski definition) is 2. The Hall–Kier alpha value is 0.907. The normalized spacial score (nSPS) is 10.5. The van der Waals surface area contributed by atoms with E-state index >= 15 is 0 Å². The second kappa shape index (κ2) is 10.9. The van der Waals surface area contributed by atoms with Crippen LogP contribution in [0.3, 0.4) is 0 Å². The van der Waals surface area contributed by atoms with Gasteiger partial charge in [-0.1, -0.05) is 0 Å². The second-order valence-corrected chi connectivity index (χ2v) is 3.65. The number of ether oxygens (including phenoxy) is 1. The van der Waals surface area contributed by atoms with Gasteiger partial charge in [0, 0.05) is 0 Å². The van der Waals surface area contributed by atoms with E-state index in [9.17, 15) is 0 Å². The first-order valence-corrected chi connectivity index (χ1v) is 5.88. The monoisotopic (exact) mass is 168 g/mol. The molecule has 0 unspecified atom stereocenters. The summed E-state index contributed by atoms with van der Waals surface area (Å²) in [4.78, 5) is 0. The molecule has 11 heavy (non-hydrogen) atoms. The zero-order chi connectivity index (χ0) is 8.36. The van der Waals surface area contributed by atoms with Gasteiger partial charge in [-0.3, -0.25) is 0 Å². The summed E-state index contributed by atoms with van der Waals surface area (Å²) in [5, 5.41) is 1.24. The van der Waals surface area contributed by atoms with Gasteiger partial charge in [0.15, 0.2) is 0 Å². The van der Waals surface area contributed by atoms with Gasteiger partial charge in [0.05, 0.1) is 0 Å². The van der Waals surface area contributed by atoms with Crippen LogP contribution in [0.2, 0.25) is 5.09 Å². The fraction of sp³-hybridized carbons (Fsp3) is 1.00. The van der Waals surface area contributed by atoms with Gasteiger partial charge in [-0.25, -0.2) is 0 Å². The molecule has 0 rings (SSSR count). The second-order valence-electron chi connectivity index (χ2n) is 2.67. The molecule has 0 aromatic rings. The van der Waals surface area contributed by atoms with Gasteiger partial charge in [0.25, 0.3) is 0 Å². The van der Waals surface area contributed by atoms with Crippen LogP contribution in [-0.4, -0.2) is 42.9 Å². The van der Waals surface area contributed by atoms with Crippen molar-refractivity contribution in [2.45, 2.75) is 24.4 Å².